The molecule has 4 aromatic carbocycles. The van der Waals surface area contributed by atoms with Crippen molar-refractivity contribution < 1.29 is 23.2 Å². The van der Waals surface area contributed by atoms with Crippen molar-refractivity contribution in [1.29, 1.82) is 0 Å². The van der Waals surface area contributed by atoms with Crippen LogP contribution in [-0.2, 0) is 23.2 Å². The van der Waals surface area contributed by atoms with Crippen LogP contribution in [0.2, 0.25) is 0 Å². The van der Waals surface area contributed by atoms with Crippen LogP contribution in [0.25, 0.3) is 0 Å². The molecule has 5 heteroatoms. The third kappa shape index (κ3) is 4.67. The van der Waals surface area contributed by atoms with Crippen LogP contribution in [-0.4, -0.2) is 8.83 Å². The molecule has 0 saturated heterocycles. The Hall–Kier alpha value is -3.44. The van der Waals surface area contributed by atoms with Gasteiger partial charge in [0.05, 0.1) is 0 Å². The van der Waals surface area contributed by atoms with Crippen LogP contribution in [0.1, 0.15) is 0 Å². The molecule has 0 aliphatic heterocycles. The van der Waals surface area contributed by atoms with Gasteiger partial charge in [-0.25, -0.2) is 0 Å². The summed E-state index contributed by atoms with van der Waals surface area (Å²) in [4.78, 5) is 0. The Kier molecular flexibility index (Phi) is 7.26. The molecule has 0 N–H and O–H groups in total. The van der Waals surface area contributed by atoms with Crippen LogP contribution in [0.5, 0.6) is 0 Å². The third-order valence-electron chi connectivity index (χ3n) is 6.81. The molecule has 0 amide bonds. The first-order valence-corrected chi connectivity index (χ1v) is 17.2. The summed E-state index contributed by atoms with van der Waals surface area (Å²) in [5.74, 6) is 0. The fourth-order valence-corrected chi connectivity index (χ4v) is 12.9. The molecule has 0 aromatic heterocycles. The molecule has 0 bridgehead atoms. The van der Waals surface area contributed by atoms with Gasteiger partial charge in [0.15, 0.2) is 0 Å². The van der Waals surface area contributed by atoms with Crippen molar-refractivity contribution in [2.75, 3.05) is 0 Å². The van der Waals surface area contributed by atoms with E-state index in [4.69, 9.17) is 0 Å². The van der Waals surface area contributed by atoms with Crippen LogP contribution >= 0.6 is 14.3 Å². The van der Waals surface area contributed by atoms with Crippen molar-refractivity contribution in [2.45, 2.75) is 0 Å². The molecule has 2 aliphatic carbocycles. The minimum absolute atomic E-state index is 0.540. The van der Waals surface area contributed by atoms with Gasteiger partial charge in [-0.05, 0) is 0 Å². The molecule has 6 rings (SSSR count). The van der Waals surface area contributed by atoms with E-state index >= 15 is 9.13 Å². The Morgan fingerprint density at radius 2 is 0.692 bits per heavy atom. The molecule has 39 heavy (non-hydrogen) atoms. The van der Waals surface area contributed by atoms with E-state index in [9.17, 15) is 0 Å². The molecule has 2 nitrogen and oxygen atoms in total. The van der Waals surface area contributed by atoms with E-state index in [1.165, 1.54) is 0 Å². The van der Waals surface area contributed by atoms with Crippen molar-refractivity contribution >= 4 is 44.3 Å². The molecule has 0 spiro atoms. The van der Waals surface area contributed by atoms with Crippen LogP contribution in [0.4, 0.5) is 0 Å². The zero-order valence-electron chi connectivity index (χ0n) is 21.1. The predicted molar refractivity (Wildman–Crippen MR) is 164 cm³/mol. The van der Waals surface area contributed by atoms with Crippen LogP contribution in [0.15, 0.2) is 168 Å². The van der Waals surface area contributed by atoms with E-state index in [0.717, 1.165) is 40.7 Å². The molecule has 4 aromatic rings. The van der Waals surface area contributed by atoms with Gasteiger partial charge in [0.2, 0.25) is 0 Å². The van der Waals surface area contributed by atoms with E-state index in [1.807, 2.05) is 146 Å². The summed E-state index contributed by atoms with van der Waals surface area (Å²) in [5.41, 5.74) is 0. The fourth-order valence-electron chi connectivity index (χ4n) is 4.93. The van der Waals surface area contributed by atoms with Gasteiger partial charge in [0.1, 0.15) is 0 Å². The Morgan fingerprint density at radius 3 is 0.974 bits per heavy atom. The average molecular weight is 584 g/mol. The van der Waals surface area contributed by atoms with E-state index in [0.29, 0.717) is 14.1 Å². The van der Waals surface area contributed by atoms with Crippen LogP contribution in [0, 0.1) is 0 Å². The number of rotatable bonds is 6. The summed E-state index contributed by atoms with van der Waals surface area (Å²) in [6, 6.07) is 39.0. The second kappa shape index (κ2) is 11.0. The van der Waals surface area contributed by atoms with Crippen molar-refractivity contribution in [3.05, 3.63) is 168 Å². The van der Waals surface area contributed by atoms with E-state index in [2.05, 4.69) is 12.2 Å². The van der Waals surface area contributed by atoms with Crippen LogP contribution < -0.4 is 21.2 Å². The molecule has 0 unspecified atom stereocenters. The second-order valence-electron chi connectivity index (χ2n) is 9.14. The number of allylic oxidation sites excluding steroid dienone is 8. The molecule has 0 heterocycles. The molecular formula is C34H26FeO2P2. The standard InChI is InChI=1S/2C17H13OP.Fe/c2*18-19(17-13-7-8-14-17,15-9-3-1-4-10-15)16-11-5-2-6-12-16;/h2*1-13H;. The summed E-state index contributed by atoms with van der Waals surface area (Å²) in [6.45, 7) is 0. The van der Waals surface area contributed by atoms with Crippen LogP contribution in [0.3, 0.4) is 0 Å². The van der Waals surface area contributed by atoms with Gasteiger partial charge in [-0.2, -0.15) is 0 Å². The average Bonchev–Trinajstić information content (AvgIpc) is 3.69. The Bertz CT molecular complexity index is 1590. The molecular weight excluding hydrogens is 558 g/mol. The number of hydrogen-bond acceptors (Lipinski definition) is 2. The molecule has 0 radical (unpaired) electrons. The topological polar surface area (TPSA) is 34.1 Å². The summed E-state index contributed by atoms with van der Waals surface area (Å²) in [7, 11) is -6.25. The summed E-state index contributed by atoms with van der Waals surface area (Å²) < 4.78 is 32.2. The van der Waals surface area contributed by atoms with Gasteiger partial charge in [-0.15, -0.1) is 0 Å². The second-order valence-corrected chi connectivity index (χ2v) is 16.1. The zero-order chi connectivity index (χ0) is 26.7. The van der Waals surface area contributed by atoms with E-state index < -0.39 is 14.3 Å². The van der Waals surface area contributed by atoms with Crippen molar-refractivity contribution in [1.82, 2.24) is 0 Å². The van der Waals surface area contributed by atoms with Gasteiger partial charge in [-0.3, -0.25) is 0 Å². The minimum atomic E-state index is -3.13. The first kappa shape index (κ1) is 25.8. The Balaban J connectivity index is 1.54. The maximum absolute atomic E-state index is 15.1. The number of benzene rings is 4. The normalized spacial score (nSPS) is 15.0. The van der Waals surface area contributed by atoms with E-state index in [-0.39, 0.29) is 0 Å². The first-order valence-electron chi connectivity index (χ1n) is 12.7. The SMILES string of the molecule is O=P(C1=CC=C[C]1=[Fe]=[C]1C=CC=C1P(=O)(c1ccccc1)c1ccccc1)(c1ccccc1)c1ccccc1. The summed E-state index contributed by atoms with van der Waals surface area (Å²) in [6.07, 6.45) is 12.1. The Labute approximate surface area is 235 Å². The zero-order valence-corrected chi connectivity index (χ0v) is 24.0. The van der Waals surface area contributed by atoms with Crippen molar-refractivity contribution in [3.8, 4) is 0 Å². The van der Waals surface area contributed by atoms with Crippen molar-refractivity contribution in [3.63, 3.8) is 0 Å². The molecule has 0 fully saturated rings. The van der Waals surface area contributed by atoms with Crippen molar-refractivity contribution in [2.24, 2.45) is 0 Å². The van der Waals surface area contributed by atoms with Gasteiger partial charge in [0.25, 0.3) is 0 Å². The quantitative estimate of drug-likeness (QED) is 0.196. The summed E-state index contributed by atoms with van der Waals surface area (Å²) in [5, 5.41) is 4.91. The molecule has 192 valence electrons. The fraction of sp³-hybridized carbons (Fsp3) is 0. The third-order valence-corrected chi connectivity index (χ3v) is 15.0. The first-order chi connectivity index (χ1) is 19.1. The van der Waals surface area contributed by atoms with Gasteiger partial charge >= 0.3 is 236 Å². The summed E-state index contributed by atoms with van der Waals surface area (Å²) >= 11 is 0.540. The molecule has 2 aliphatic rings. The van der Waals surface area contributed by atoms with Gasteiger partial charge < -0.3 is 0 Å². The Morgan fingerprint density at radius 1 is 0.410 bits per heavy atom. The number of hydrogen-bond donors (Lipinski definition) is 0. The molecule has 0 saturated carbocycles. The molecule has 0 atom stereocenters. The predicted octanol–water partition coefficient (Wildman–Crippen LogP) is 6.35. The van der Waals surface area contributed by atoms with Gasteiger partial charge in [-0.1, -0.05) is 0 Å². The van der Waals surface area contributed by atoms with Gasteiger partial charge in [0, 0.05) is 0 Å². The maximum atomic E-state index is 15.1. The monoisotopic (exact) mass is 584 g/mol. The van der Waals surface area contributed by atoms with E-state index in [1.54, 1.807) is 0 Å².